The summed E-state index contributed by atoms with van der Waals surface area (Å²) in [5.41, 5.74) is 3.62. The number of carbonyl (C=O) groups is 1. The van der Waals surface area contributed by atoms with Crippen LogP contribution >= 0.6 is 11.3 Å². The maximum atomic E-state index is 14.6. The minimum atomic E-state index is -0.489. The number of nitrogens with one attached hydrogen (secondary N) is 1. The Morgan fingerprint density at radius 1 is 1.22 bits per heavy atom. The number of hydrogen-bond donors (Lipinski definition) is 1. The Hall–Kier alpha value is -2.51. The van der Waals surface area contributed by atoms with Crippen molar-refractivity contribution < 1.29 is 18.7 Å². The van der Waals surface area contributed by atoms with Gasteiger partial charge in [-0.25, -0.2) is 9.37 Å². The van der Waals surface area contributed by atoms with Crippen LogP contribution in [-0.4, -0.2) is 31.2 Å². The fourth-order valence-electron chi connectivity index (χ4n) is 2.65. The first-order valence-electron chi connectivity index (χ1n) is 8.69. The molecule has 1 heterocycles. The van der Waals surface area contributed by atoms with Gasteiger partial charge in [0.25, 0.3) is 0 Å². The number of nitrogens with zero attached hydrogens (tertiary/aromatic N) is 1. The van der Waals surface area contributed by atoms with E-state index >= 15 is 0 Å². The summed E-state index contributed by atoms with van der Waals surface area (Å²) in [6, 6.07) is 10.4. The van der Waals surface area contributed by atoms with E-state index in [-0.39, 0.29) is 18.1 Å². The Labute approximate surface area is 161 Å². The topological polar surface area (TPSA) is 60.5 Å². The Bertz CT molecular complexity index is 913. The van der Waals surface area contributed by atoms with Gasteiger partial charge in [0.15, 0.2) is 11.6 Å². The van der Waals surface area contributed by atoms with Crippen LogP contribution in [0.2, 0.25) is 0 Å². The quantitative estimate of drug-likeness (QED) is 0.551. The Morgan fingerprint density at radius 3 is 2.93 bits per heavy atom. The van der Waals surface area contributed by atoms with Gasteiger partial charge < -0.3 is 14.8 Å². The van der Waals surface area contributed by atoms with Gasteiger partial charge in [0.05, 0.1) is 28.8 Å². The highest BCUT2D eigenvalue weighted by atomic mass is 32.1. The monoisotopic (exact) mass is 388 g/mol. The van der Waals surface area contributed by atoms with Gasteiger partial charge in [-0.1, -0.05) is 12.1 Å². The van der Waals surface area contributed by atoms with E-state index in [1.54, 1.807) is 36.9 Å². The first kappa shape index (κ1) is 19.3. The maximum absolute atomic E-state index is 14.6. The molecule has 0 saturated heterocycles. The largest absolute Gasteiger partial charge is 0.491 e. The Kier molecular flexibility index (Phi) is 6.73. The van der Waals surface area contributed by atoms with Gasteiger partial charge in [-0.2, -0.15) is 0 Å². The molecule has 0 unspecified atom stereocenters. The summed E-state index contributed by atoms with van der Waals surface area (Å²) in [6.07, 6.45) is 1.57. The third-order valence-electron chi connectivity index (χ3n) is 4.01. The first-order chi connectivity index (χ1) is 13.2. The normalized spacial score (nSPS) is 10.9. The van der Waals surface area contributed by atoms with Crippen molar-refractivity contribution in [2.75, 3.05) is 25.6 Å². The van der Waals surface area contributed by atoms with Crippen LogP contribution in [0.15, 0.2) is 41.9 Å². The molecule has 3 aromatic rings. The first-order valence-corrected chi connectivity index (χ1v) is 9.57. The van der Waals surface area contributed by atoms with E-state index in [2.05, 4.69) is 10.3 Å². The zero-order valence-electron chi connectivity index (χ0n) is 15.0. The van der Waals surface area contributed by atoms with Crippen molar-refractivity contribution in [3.63, 3.8) is 0 Å². The third-order valence-corrected chi connectivity index (χ3v) is 4.80. The molecule has 0 spiro atoms. The lowest BCUT2D eigenvalue weighted by molar-refractivity contribution is -0.115. The number of methoxy groups -OCH3 is 1. The molecule has 0 aliphatic carbocycles. The predicted molar refractivity (Wildman–Crippen MR) is 105 cm³/mol. The average molecular weight is 388 g/mol. The standard InChI is InChI=1S/C20H21FN2O3S/c1-25-9-2-3-10-26-17-6-4-5-14(20(17)21)11-19(24)23-15-7-8-16-18(12-15)27-13-22-16/h4-8,12-13H,2-3,9-11H2,1H3,(H,23,24). The summed E-state index contributed by atoms with van der Waals surface area (Å²) in [6.45, 7) is 1.06. The highest BCUT2D eigenvalue weighted by Gasteiger charge is 2.13. The van der Waals surface area contributed by atoms with E-state index < -0.39 is 5.82 Å². The fourth-order valence-corrected chi connectivity index (χ4v) is 3.36. The highest BCUT2D eigenvalue weighted by molar-refractivity contribution is 7.16. The smallest absolute Gasteiger partial charge is 0.228 e. The molecular weight excluding hydrogens is 367 g/mol. The second-order valence-corrected chi connectivity index (χ2v) is 6.92. The van der Waals surface area contributed by atoms with Crippen LogP contribution in [0.25, 0.3) is 10.2 Å². The fraction of sp³-hybridized carbons (Fsp3) is 0.300. The Morgan fingerprint density at radius 2 is 2.07 bits per heavy atom. The number of amides is 1. The summed E-state index contributed by atoms with van der Waals surface area (Å²) in [5.74, 6) is -0.601. The van der Waals surface area contributed by atoms with Crippen molar-refractivity contribution in [3.05, 3.63) is 53.3 Å². The van der Waals surface area contributed by atoms with E-state index in [1.165, 1.54) is 11.3 Å². The van der Waals surface area contributed by atoms with Gasteiger partial charge >= 0.3 is 0 Å². The molecule has 0 atom stereocenters. The van der Waals surface area contributed by atoms with Gasteiger partial charge in [0.1, 0.15) is 0 Å². The van der Waals surface area contributed by atoms with E-state index in [0.717, 1.165) is 23.1 Å². The van der Waals surface area contributed by atoms with Crippen LogP contribution in [0.3, 0.4) is 0 Å². The molecule has 0 aliphatic rings. The molecule has 1 amide bonds. The van der Waals surface area contributed by atoms with Crippen molar-refractivity contribution in [2.45, 2.75) is 19.3 Å². The van der Waals surface area contributed by atoms with Crippen molar-refractivity contribution in [1.29, 1.82) is 0 Å². The van der Waals surface area contributed by atoms with Gasteiger partial charge in [-0.3, -0.25) is 4.79 Å². The number of hydrogen-bond acceptors (Lipinski definition) is 5. The molecule has 0 fully saturated rings. The molecule has 142 valence electrons. The van der Waals surface area contributed by atoms with Crippen molar-refractivity contribution in [1.82, 2.24) is 4.98 Å². The molecular formula is C20H21FN2O3S. The van der Waals surface area contributed by atoms with Crippen LogP contribution in [0, 0.1) is 5.82 Å². The van der Waals surface area contributed by atoms with Crippen molar-refractivity contribution in [3.8, 4) is 5.75 Å². The molecule has 7 heteroatoms. The number of rotatable bonds is 9. The summed E-state index contributed by atoms with van der Waals surface area (Å²) >= 11 is 1.50. The second kappa shape index (κ2) is 9.43. The molecule has 3 rings (SSSR count). The minimum absolute atomic E-state index is 0.0621. The van der Waals surface area contributed by atoms with Crippen LogP contribution < -0.4 is 10.1 Å². The molecule has 27 heavy (non-hydrogen) atoms. The van der Waals surface area contributed by atoms with Gasteiger partial charge in [0.2, 0.25) is 5.91 Å². The van der Waals surface area contributed by atoms with Crippen LogP contribution in [0.5, 0.6) is 5.75 Å². The maximum Gasteiger partial charge on any atom is 0.228 e. The number of halogens is 1. The van der Waals surface area contributed by atoms with Gasteiger partial charge in [-0.15, -0.1) is 11.3 Å². The zero-order valence-corrected chi connectivity index (χ0v) is 15.9. The number of anilines is 1. The summed E-state index contributed by atoms with van der Waals surface area (Å²) in [7, 11) is 1.64. The summed E-state index contributed by atoms with van der Waals surface area (Å²) in [4.78, 5) is 16.5. The van der Waals surface area contributed by atoms with Crippen LogP contribution in [0.4, 0.5) is 10.1 Å². The van der Waals surface area contributed by atoms with E-state index in [1.807, 2.05) is 12.1 Å². The van der Waals surface area contributed by atoms with Crippen molar-refractivity contribution >= 4 is 33.1 Å². The highest BCUT2D eigenvalue weighted by Crippen LogP contribution is 2.23. The molecule has 0 bridgehead atoms. The predicted octanol–water partition coefficient (Wildman–Crippen LogP) is 4.42. The minimum Gasteiger partial charge on any atom is -0.491 e. The zero-order chi connectivity index (χ0) is 19.1. The molecule has 0 aliphatic heterocycles. The molecule has 1 aromatic heterocycles. The Balaban J connectivity index is 1.59. The number of thiazole rings is 1. The lowest BCUT2D eigenvalue weighted by Gasteiger charge is -2.11. The summed E-state index contributed by atoms with van der Waals surface area (Å²) < 4.78 is 26.0. The lowest BCUT2D eigenvalue weighted by atomic mass is 10.1. The molecule has 2 aromatic carbocycles. The van der Waals surface area contributed by atoms with E-state index in [0.29, 0.717) is 24.5 Å². The molecule has 5 nitrogen and oxygen atoms in total. The van der Waals surface area contributed by atoms with Gasteiger partial charge in [0, 0.05) is 25.0 Å². The SMILES string of the molecule is COCCCCOc1cccc(CC(=O)Nc2ccc3ncsc3c2)c1F. The molecule has 0 saturated carbocycles. The molecule has 1 N–H and O–H groups in total. The lowest BCUT2D eigenvalue weighted by Crippen LogP contribution is -2.15. The van der Waals surface area contributed by atoms with Crippen molar-refractivity contribution in [2.24, 2.45) is 0 Å². The number of unbranched alkanes of at least 4 members (excludes halogenated alkanes) is 1. The average Bonchev–Trinajstić information content (AvgIpc) is 3.12. The van der Waals surface area contributed by atoms with E-state index in [4.69, 9.17) is 9.47 Å². The molecule has 0 radical (unpaired) electrons. The van der Waals surface area contributed by atoms with Gasteiger partial charge in [-0.05, 0) is 37.1 Å². The van der Waals surface area contributed by atoms with E-state index in [9.17, 15) is 9.18 Å². The summed E-state index contributed by atoms with van der Waals surface area (Å²) in [5, 5.41) is 2.80. The number of aromatic nitrogens is 1. The van der Waals surface area contributed by atoms with Crippen LogP contribution in [0.1, 0.15) is 18.4 Å². The number of ether oxygens (including phenoxy) is 2. The number of carbonyl (C=O) groups excluding carboxylic acids is 1. The number of benzene rings is 2. The second-order valence-electron chi connectivity index (χ2n) is 6.04. The number of fused-ring (bicyclic) bond motifs is 1. The van der Waals surface area contributed by atoms with Crippen LogP contribution in [-0.2, 0) is 16.0 Å². The third kappa shape index (κ3) is 5.24.